The molecule has 36 heavy (non-hydrogen) atoms. The molecule has 0 fully saturated rings. The number of rotatable bonds is 7. The summed E-state index contributed by atoms with van der Waals surface area (Å²) >= 11 is 0. The number of hydrogen-bond acceptors (Lipinski definition) is 5. The number of aryl methyl sites for hydroxylation is 1. The molecule has 0 aliphatic rings. The molecule has 2 heterocycles. The minimum absolute atomic E-state index is 0.0282. The Hall–Kier alpha value is -4.21. The number of hydrogen-bond donors (Lipinski definition) is 2. The molecule has 188 valence electrons. The summed E-state index contributed by atoms with van der Waals surface area (Å²) in [6, 6.07) is 11.6. The van der Waals surface area contributed by atoms with Crippen LogP contribution < -0.4 is 21.9 Å². The number of aromatic nitrogens is 4. The molecule has 0 aliphatic carbocycles. The summed E-state index contributed by atoms with van der Waals surface area (Å²) in [6.45, 7) is 9.07. The Morgan fingerprint density at radius 2 is 1.81 bits per heavy atom. The van der Waals surface area contributed by atoms with E-state index in [9.17, 15) is 19.2 Å². The summed E-state index contributed by atoms with van der Waals surface area (Å²) < 4.78 is 3.73. The minimum atomic E-state index is -0.580. The molecule has 0 spiro atoms. The van der Waals surface area contributed by atoms with Crippen LogP contribution >= 0.6 is 0 Å². The third-order valence-electron chi connectivity index (χ3n) is 6.09. The van der Waals surface area contributed by atoms with Crippen LogP contribution in [0.1, 0.15) is 56.1 Å². The number of anilines is 1. The average molecular weight is 491 g/mol. The molecule has 0 bridgehead atoms. The van der Waals surface area contributed by atoms with Crippen molar-refractivity contribution in [2.24, 2.45) is 0 Å². The number of fused-ring (bicyclic) bond motifs is 3. The highest BCUT2D eigenvalue weighted by Gasteiger charge is 2.21. The Balaban J connectivity index is 1.84. The van der Waals surface area contributed by atoms with E-state index in [1.54, 1.807) is 18.2 Å². The highest BCUT2D eigenvalue weighted by molar-refractivity contribution is 5.98. The van der Waals surface area contributed by atoms with Crippen LogP contribution in [0.15, 0.2) is 52.1 Å². The third kappa shape index (κ3) is 4.66. The lowest BCUT2D eigenvalue weighted by atomic mass is 10.1. The van der Waals surface area contributed by atoms with E-state index in [0.717, 1.165) is 16.7 Å². The monoisotopic (exact) mass is 490 g/mol. The smallest absolute Gasteiger partial charge is 0.350 e. The Labute approximate surface area is 207 Å². The number of nitrogens with zero attached hydrogens (tertiary/aromatic N) is 4. The van der Waals surface area contributed by atoms with Crippen LogP contribution in [0.5, 0.6) is 0 Å². The van der Waals surface area contributed by atoms with Crippen LogP contribution in [0.4, 0.5) is 5.69 Å². The van der Waals surface area contributed by atoms with Gasteiger partial charge in [0.2, 0.25) is 11.7 Å². The second-order valence-electron chi connectivity index (χ2n) is 9.28. The van der Waals surface area contributed by atoms with Crippen molar-refractivity contribution in [2.75, 3.05) is 5.32 Å². The molecule has 0 aliphatic heterocycles. The predicted molar refractivity (Wildman–Crippen MR) is 139 cm³/mol. The normalized spacial score (nSPS) is 12.3. The topological polar surface area (TPSA) is 120 Å². The molecule has 1 atom stereocenters. The van der Waals surface area contributed by atoms with Gasteiger partial charge in [-0.25, -0.2) is 13.9 Å². The lowest BCUT2D eigenvalue weighted by Gasteiger charge is -2.14. The number of benzene rings is 2. The second-order valence-corrected chi connectivity index (χ2v) is 9.28. The van der Waals surface area contributed by atoms with Crippen molar-refractivity contribution in [3.63, 3.8) is 0 Å². The van der Waals surface area contributed by atoms with Crippen LogP contribution in [-0.2, 0) is 11.3 Å². The zero-order chi connectivity index (χ0) is 26.1. The minimum Gasteiger partial charge on any atom is -0.350 e. The maximum atomic E-state index is 13.4. The van der Waals surface area contributed by atoms with Gasteiger partial charge in [-0.15, -0.1) is 5.10 Å². The Morgan fingerprint density at radius 3 is 2.47 bits per heavy atom. The molecule has 0 radical (unpaired) electrons. The van der Waals surface area contributed by atoms with E-state index in [1.807, 2.05) is 52.8 Å². The van der Waals surface area contributed by atoms with E-state index in [0.29, 0.717) is 11.3 Å². The van der Waals surface area contributed by atoms with Gasteiger partial charge < -0.3 is 10.6 Å². The lowest BCUT2D eigenvalue weighted by molar-refractivity contribution is -0.117. The van der Waals surface area contributed by atoms with Crippen LogP contribution in [0.3, 0.4) is 0 Å². The second kappa shape index (κ2) is 9.80. The first-order valence-electron chi connectivity index (χ1n) is 12.0. The maximum absolute atomic E-state index is 13.4. The highest BCUT2D eigenvalue weighted by atomic mass is 16.2. The zero-order valence-corrected chi connectivity index (χ0v) is 21.0. The molecule has 2 aromatic carbocycles. The molecule has 4 aromatic rings. The summed E-state index contributed by atoms with van der Waals surface area (Å²) in [4.78, 5) is 52.2. The molecule has 2 amide bonds. The van der Waals surface area contributed by atoms with Gasteiger partial charge in [-0.05, 0) is 70.0 Å². The summed E-state index contributed by atoms with van der Waals surface area (Å²) in [7, 11) is 0. The SMILES string of the molecule is CCC(C)NC(=O)c1ccc2c(=O)n(C(C)C)c3nn(CC(=O)Nc4cccc(C)c4)c(=O)n3c2c1. The Morgan fingerprint density at radius 1 is 1.06 bits per heavy atom. The fourth-order valence-electron chi connectivity index (χ4n) is 4.06. The number of carbonyl (C=O) groups is 2. The van der Waals surface area contributed by atoms with Gasteiger partial charge in [0.1, 0.15) is 6.54 Å². The van der Waals surface area contributed by atoms with Gasteiger partial charge in [0.05, 0.1) is 10.9 Å². The van der Waals surface area contributed by atoms with Gasteiger partial charge in [-0.2, -0.15) is 0 Å². The van der Waals surface area contributed by atoms with E-state index in [2.05, 4.69) is 15.7 Å². The maximum Gasteiger partial charge on any atom is 0.352 e. The fraction of sp³-hybridized carbons (Fsp3) is 0.346. The summed E-state index contributed by atoms with van der Waals surface area (Å²) in [5, 5.41) is 10.3. The summed E-state index contributed by atoms with van der Waals surface area (Å²) in [5.74, 6) is -0.622. The average Bonchev–Trinajstić information content (AvgIpc) is 3.13. The van der Waals surface area contributed by atoms with Gasteiger partial charge in [-0.1, -0.05) is 19.1 Å². The van der Waals surface area contributed by atoms with Crippen LogP contribution in [0.2, 0.25) is 0 Å². The van der Waals surface area contributed by atoms with Crippen LogP contribution in [-0.4, -0.2) is 36.6 Å². The van der Waals surface area contributed by atoms with Crippen molar-refractivity contribution in [3.05, 3.63) is 74.4 Å². The standard InChI is InChI=1S/C26H30N6O4/c1-6-17(5)27-23(34)18-10-11-20-21(13-18)32-25(31(15(2)3)24(20)35)29-30(26(32)36)14-22(33)28-19-9-7-8-16(4)12-19/h7-13,15,17H,6,14H2,1-5H3,(H,27,34)(H,28,33). The van der Waals surface area contributed by atoms with Gasteiger partial charge in [0, 0.05) is 23.3 Å². The van der Waals surface area contributed by atoms with Gasteiger partial charge >= 0.3 is 5.69 Å². The van der Waals surface area contributed by atoms with E-state index < -0.39 is 11.6 Å². The van der Waals surface area contributed by atoms with Crippen molar-refractivity contribution in [3.8, 4) is 0 Å². The van der Waals surface area contributed by atoms with Crippen molar-refractivity contribution in [1.29, 1.82) is 0 Å². The van der Waals surface area contributed by atoms with E-state index >= 15 is 0 Å². The largest absolute Gasteiger partial charge is 0.352 e. The molecular weight excluding hydrogens is 460 g/mol. The van der Waals surface area contributed by atoms with Gasteiger partial charge in [0.15, 0.2) is 0 Å². The molecular formula is C26H30N6O4. The van der Waals surface area contributed by atoms with Crippen LogP contribution in [0.25, 0.3) is 16.7 Å². The molecule has 1 unspecified atom stereocenters. The van der Waals surface area contributed by atoms with E-state index in [1.165, 1.54) is 15.0 Å². The van der Waals surface area contributed by atoms with Crippen molar-refractivity contribution in [2.45, 2.75) is 59.7 Å². The summed E-state index contributed by atoms with van der Waals surface area (Å²) in [6.07, 6.45) is 0.763. The van der Waals surface area contributed by atoms with Gasteiger partial charge in [0.25, 0.3) is 11.5 Å². The molecule has 10 nitrogen and oxygen atoms in total. The number of carbonyl (C=O) groups excluding carboxylic acids is 2. The quantitative estimate of drug-likeness (QED) is 0.413. The number of amides is 2. The van der Waals surface area contributed by atoms with E-state index in [4.69, 9.17) is 0 Å². The first kappa shape index (κ1) is 24.9. The van der Waals surface area contributed by atoms with E-state index in [-0.39, 0.29) is 46.8 Å². The Kier molecular flexibility index (Phi) is 6.78. The highest BCUT2D eigenvalue weighted by Crippen LogP contribution is 2.17. The molecule has 10 heteroatoms. The van der Waals surface area contributed by atoms with Crippen LogP contribution in [0, 0.1) is 6.92 Å². The lowest BCUT2D eigenvalue weighted by Crippen LogP contribution is -2.32. The molecule has 0 saturated carbocycles. The van der Waals surface area contributed by atoms with Crippen molar-refractivity contribution < 1.29 is 9.59 Å². The predicted octanol–water partition coefficient (Wildman–Crippen LogP) is 2.87. The first-order valence-corrected chi connectivity index (χ1v) is 12.0. The van der Waals surface area contributed by atoms with Crippen molar-refractivity contribution >= 4 is 34.2 Å². The number of nitrogens with one attached hydrogen (secondary N) is 2. The molecule has 0 saturated heterocycles. The first-order chi connectivity index (χ1) is 17.1. The molecule has 2 N–H and O–H groups in total. The van der Waals surface area contributed by atoms with Gasteiger partial charge in [-0.3, -0.25) is 19.0 Å². The fourth-order valence-corrected chi connectivity index (χ4v) is 4.06. The summed E-state index contributed by atoms with van der Waals surface area (Å²) in [5.41, 5.74) is 1.27. The molecule has 4 rings (SSSR count). The molecule has 2 aromatic heterocycles. The third-order valence-corrected chi connectivity index (χ3v) is 6.09. The van der Waals surface area contributed by atoms with Crippen molar-refractivity contribution in [1.82, 2.24) is 24.1 Å². The Bertz CT molecular complexity index is 1590. The zero-order valence-electron chi connectivity index (χ0n) is 21.0.